The molecule has 1 N–H and O–H groups in total. The van der Waals surface area contributed by atoms with Crippen molar-refractivity contribution in [3.8, 4) is 5.75 Å². The van der Waals surface area contributed by atoms with Crippen LogP contribution in [0.4, 0.5) is 4.39 Å². The molecule has 5 heteroatoms. The molecule has 0 radical (unpaired) electrons. The highest BCUT2D eigenvalue weighted by molar-refractivity contribution is 5.37. The lowest BCUT2D eigenvalue weighted by Crippen LogP contribution is -2.22. The van der Waals surface area contributed by atoms with Gasteiger partial charge >= 0.3 is 0 Å². The summed E-state index contributed by atoms with van der Waals surface area (Å²) in [6.07, 6.45) is 0.635. The molecule has 0 saturated heterocycles. The Labute approximate surface area is 116 Å². The summed E-state index contributed by atoms with van der Waals surface area (Å²) in [7, 11) is 0. The van der Waals surface area contributed by atoms with E-state index in [0.717, 1.165) is 28.3 Å². The van der Waals surface area contributed by atoms with E-state index in [1.54, 1.807) is 6.07 Å². The molecular weight excluding hydrogens is 259 g/mol. The number of hydrogen-bond donors (Lipinski definition) is 1. The van der Waals surface area contributed by atoms with Crippen molar-refractivity contribution in [2.24, 2.45) is 0 Å². The normalized spacial score (nSPS) is 17.1. The van der Waals surface area contributed by atoms with Crippen LogP contribution in [0, 0.1) is 19.7 Å². The Hall–Kier alpha value is -1.88. The molecular formula is C15H17FN2O2. The van der Waals surface area contributed by atoms with Crippen molar-refractivity contribution >= 4 is 0 Å². The molecule has 1 aromatic carbocycles. The van der Waals surface area contributed by atoms with E-state index in [1.165, 1.54) is 12.1 Å². The molecule has 4 nitrogen and oxygen atoms in total. The molecule has 1 aliphatic heterocycles. The lowest BCUT2D eigenvalue weighted by molar-refractivity contribution is 0.201. The molecule has 3 rings (SSSR count). The molecule has 0 amide bonds. The number of hydrogen-bond acceptors (Lipinski definition) is 3. The average Bonchev–Trinajstić information content (AvgIpc) is 2.91. The van der Waals surface area contributed by atoms with E-state index in [4.69, 9.17) is 4.74 Å². The van der Waals surface area contributed by atoms with Crippen molar-refractivity contribution in [1.82, 2.24) is 9.78 Å². The fourth-order valence-corrected chi connectivity index (χ4v) is 2.72. The van der Waals surface area contributed by atoms with Gasteiger partial charge in [-0.1, -0.05) is 0 Å². The molecule has 1 aromatic heterocycles. The minimum atomic E-state index is -0.235. The van der Waals surface area contributed by atoms with Crippen LogP contribution in [0.3, 0.4) is 0 Å². The average molecular weight is 276 g/mol. The van der Waals surface area contributed by atoms with Gasteiger partial charge in [0.25, 0.3) is 0 Å². The fourth-order valence-electron chi connectivity index (χ4n) is 2.72. The maximum atomic E-state index is 13.2. The number of nitrogens with zero attached hydrogens (tertiary/aromatic N) is 2. The third-order valence-electron chi connectivity index (χ3n) is 3.83. The fraction of sp³-hybridized carbons (Fsp3) is 0.400. The van der Waals surface area contributed by atoms with Crippen molar-refractivity contribution in [3.05, 3.63) is 46.5 Å². The number of aromatic nitrogens is 2. The maximum Gasteiger partial charge on any atom is 0.123 e. The summed E-state index contributed by atoms with van der Waals surface area (Å²) in [6.45, 7) is 4.42. The van der Waals surface area contributed by atoms with E-state index in [1.807, 2.05) is 18.5 Å². The van der Waals surface area contributed by atoms with Crippen LogP contribution in [0.25, 0.3) is 0 Å². The Bertz CT molecular complexity index is 652. The molecule has 0 bridgehead atoms. The molecule has 0 spiro atoms. The number of fused-ring (bicyclic) bond motifs is 1. The van der Waals surface area contributed by atoms with Gasteiger partial charge in [0, 0.05) is 23.2 Å². The zero-order valence-electron chi connectivity index (χ0n) is 11.6. The Kier molecular flexibility index (Phi) is 3.22. The molecule has 1 unspecified atom stereocenters. The van der Waals surface area contributed by atoms with E-state index in [0.29, 0.717) is 13.0 Å². The number of benzene rings is 1. The first kappa shape index (κ1) is 13.1. The number of ether oxygens (including phenoxy) is 1. The zero-order valence-corrected chi connectivity index (χ0v) is 11.6. The first-order valence-electron chi connectivity index (χ1n) is 6.67. The third-order valence-corrected chi connectivity index (χ3v) is 3.83. The van der Waals surface area contributed by atoms with Crippen molar-refractivity contribution in [3.63, 3.8) is 0 Å². The van der Waals surface area contributed by atoms with Crippen LogP contribution in [0.15, 0.2) is 18.2 Å². The van der Waals surface area contributed by atoms with E-state index >= 15 is 0 Å². The first-order chi connectivity index (χ1) is 9.58. The van der Waals surface area contributed by atoms with Crippen LogP contribution >= 0.6 is 0 Å². The number of halogens is 1. The van der Waals surface area contributed by atoms with Gasteiger partial charge in [-0.3, -0.25) is 4.68 Å². The second-order valence-electron chi connectivity index (χ2n) is 5.19. The molecule has 0 saturated carbocycles. The van der Waals surface area contributed by atoms with Crippen molar-refractivity contribution in [1.29, 1.82) is 0 Å². The zero-order chi connectivity index (χ0) is 14.3. The van der Waals surface area contributed by atoms with Crippen molar-refractivity contribution in [2.75, 3.05) is 0 Å². The van der Waals surface area contributed by atoms with Gasteiger partial charge in [-0.2, -0.15) is 5.10 Å². The highest BCUT2D eigenvalue weighted by Gasteiger charge is 2.25. The smallest absolute Gasteiger partial charge is 0.123 e. The van der Waals surface area contributed by atoms with Crippen molar-refractivity contribution < 1.29 is 14.2 Å². The summed E-state index contributed by atoms with van der Waals surface area (Å²) >= 11 is 0. The monoisotopic (exact) mass is 276 g/mol. The number of aliphatic hydroxyl groups excluding tert-OH is 1. The lowest BCUT2D eigenvalue weighted by Gasteiger charge is -2.12. The van der Waals surface area contributed by atoms with Gasteiger partial charge in [0.2, 0.25) is 0 Å². The van der Waals surface area contributed by atoms with Gasteiger partial charge < -0.3 is 9.84 Å². The standard InChI is InChI=1S/C15H17FN2O2/c1-9-14(8-19)10(2)18(17-9)7-13-6-11-5-12(16)3-4-15(11)20-13/h3-5,13,19H,6-8H2,1-2H3. The van der Waals surface area contributed by atoms with Crippen LogP contribution in [0.2, 0.25) is 0 Å². The number of rotatable bonds is 3. The van der Waals surface area contributed by atoms with Gasteiger partial charge in [-0.05, 0) is 32.0 Å². The van der Waals surface area contributed by atoms with E-state index in [9.17, 15) is 9.50 Å². The minimum Gasteiger partial charge on any atom is -0.488 e. The Morgan fingerprint density at radius 1 is 1.45 bits per heavy atom. The number of aliphatic hydroxyl groups is 1. The molecule has 20 heavy (non-hydrogen) atoms. The van der Waals surface area contributed by atoms with Crippen molar-refractivity contribution in [2.45, 2.75) is 39.5 Å². The third kappa shape index (κ3) is 2.18. The quantitative estimate of drug-likeness (QED) is 0.934. The molecule has 1 aliphatic rings. The summed E-state index contributed by atoms with van der Waals surface area (Å²) in [4.78, 5) is 0. The van der Waals surface area contributed by atoms with Gasteiger partial charge in [0.05, 0.1) is 18.8 Å². The lowest BCUT2D eigenvalue weighted by atomic mass is 10.1. The predicted octanol–water partition coefficient (Wildman–Crippen LogP) is 2.14. The SMILES string of the molecule is Cc1nn(CC2Cc3cc(F)ccc3O2)c(C)c1CO. The second-order valence-corrected chi connectivity index (χ2v) is 5.19. The van der Waals surface area contributed by atoms with Crippen LogP contribution < -0.4 is 4.74 Å². The highest BCUT2D eigenvalue weighted by Crippen LogP contribution is 2.30. The molecule has 0 aliphatic carbocycles. The van der Waals surface area contributed by atoms with Gasteiger partial charge in [0.1, 0.15) is 17.7 Å². The maximum absolute atomic E-state index is 13.2. The Morgan fingerprint density at radius 2 is 2.25 bits per heavy atom. The van der Waals surface area contributed by atoms with Crippen LogP contribution in [-0.2, 0) is 19.6 Å². The summed E-state index contributed by atoms with van der Waals surface area (Å²) in [5, 5.41) is 13.7. The van der Waals surface area contributed by atoms with Gasteiger partial charge in [0.15, 0.2) is 0 Å². The summed E-state index contributed by atoms with van der Waals surface area (Å²) in [5.74, 6) is 0.516. The molecule has 106 valence electrons. The van der Waals surface area contributed by atoms with Crippen LogP contribution in [0.1, 0.15) is 22.5 Å². The summed E-state index contributed by atoms with van der Waals surface area (Å²) in [5.41, 5.74) is 3.56. The van der Waals surface area contributed by atoms with E-state index in [2.05, 4.69) is 5.10 Å². The molecule has 1 atom stereocenters. The van der Waals surface area contributed by atoms with Crippen LogP contribution in [0.5, 0.6) is 5.75 Å². The topological polar surface area (TPSA) is 47.3 Å². The highest BCUT2D eigenvalue weighted by atomic mass is 19.1. The summed E-state index contributed by atoms with van der Waals surface area (Å²) < 4.78 is 20.8. The van der Waals surface area contributed by atoms with E-state index < -0.39 is 0 Å². The van der Waals surface area contributed by atoms with Crippen LogP contribution in [-0.4, -0.2) is 21.0 Å². The van der Waals surface area contributed by atoms with E-state index in [-0.39, 0.29) is 18.5 Å². The predicted molar refractivity (Wildman–Crippen MR) is 72.1 cm³/mol. The largest absolute Gasteiger partial charge is 0.488 e. The van der Waals surface area contributed by atoms with Gasteiger partial charge in [-0.15, -0.1) is 0 Å². The molecule has 2 heterocycles. The molecule has 0 fully saturated rings. The second kappa shape index (κ2) is 4.90. The number of aryl methyl sites for hydroxylation is 1. The Morgan fingerprint density at radius 3 is 2.95 bits per heavy atom. The molecule has 2 aromatic rings. The minimum absolute atomic E-state index is 0.00533. The first-order valence-corrected chi connectivity index (χ1v) is 6.67. The summed E-state index contributed by atoms with van der Waals surface area (Å²) in [6, 6.07) is 4.61. The van der Waals surface area contributed by atoms with Gasteiger partial charge in [-0.25, -0.2) is 4.39 Å². The Balaban J connectivity index is 1.78.